The summed E-state index contributed by atoms with van der Waals surface area (Å²) in [5, 5.41) is 11.3. The fourth-order valence-corrected chi connectivity index (χ4v) is 2.71. The van der Waals surface area contributed by atoms with Crippen molar-refractivity contribution in [3.05, 3.63) is 34.8 Å². The number of rotatable bonds is 3. The summed E-state index contributed by atoms with van der Waals surface area (Å²) in [6, 6.07) is 1.48. The molecule has 2 N–H and O–H groups in total. The smallest absolute Gasteiger partial charge is 0.273 e. The number of nitrogens with one attached hydrogen (secondary N) is 2. The third-order valence-electron chi connectivity index (χ3n) is 4.31. The average molecular weight is 319 g/mol. The number of hydrogen-bond donors (Lipinski definition) is 2. The zero-order valence-electron chi connectivity index (χ0n) is 13.3. The molecule has 1 aliphatic rings. The minimum absolute atomic E-state index is 0.279. The minimum Gasteiger partial charge on any atom is -0.550 e. The van der Waals surface area contributed by atoms with Crippen LogP contribution in [0.1, 0.15) is 42.8 Å². The van der Waals surface area contributed by atoms with Gasteiger partial charge in [0.15, 0.2) is 0 Å². The molecule has 23 heavy (non-hydrogen) atoms. The zero-order chi connectivity index (χ0) is 17.1. The number of aliphatic carboxylic acids is 1. The van der Waals surface area contributed by atoms with Crippen molar-refractivity contribution in [2.45, 2.75) is 33.6 Å². The van der Waals surface area contributed by atoms with E-state index in [2.05, 4.69) is 10.9 Å². The molecule has 2 atom stereocenters. The van der Waals surface area contributed by atoms with Crippen molar-refractivity contribution in [1.29, 1.82) is 0 Å². The lowest BCUT2D eigenvalue weighted by Gasteiger charge is -2.32. The summed E-state index contributed by atoms with van der Waals surface area (Å²) in [4.78, 5) is 35.5. The lowest BCUT2D eigenvalue weighted by atomic mass is 9.76. The second kappa shape index (κ2) is 6.68. The molecule has 2 amide bonds. The highest BCUT2D eigenvalue weighted by molar-refractivity contribution is 5.96. The fraction of sp³-hybridized carbons (Fsp3) is 0.438. The van der Waals surface area contributed by atoms with Crippen molar-refractivity contribution in [3.63, 3.8) is 0 Å². The van der Waals surface area contributed by atoms with Crippen molar-refractivity contribution >= 4 is 17.8 Å². The van der Waals surface area contributed by atoms with Gasteiger partial charge in [-0.05, 0) is 39.7 Å². The maximum absolute atomic E-state index is 12.3. The van der Waals surface area contributed by atoms with Crippen LogP contribution in [0.3, 0.4) is 0 Å². The van der Waals surface area contributed by atoms with Crippen LogP contribution in [0.2, 0.25) is 0 Å². The van der Waals surface area contributed by atoms with Crippen LogP contribution in [-0.4, -0.2) is 17.8 Å². The van der Waals surface area contributed by atoms with Crippen LogP contribution < -0.4 is 16.0 Å². The van der Waals surface area contributed by atoms with Crippen molar-refractivity contribution in [2.75, 3.05) is 0 Å². The van der Waals surface area contributed by atoms with Gasteiger partial charge in [-0.25, -0.2) is 0 Å². The number of furan rings is 1. The first-order valence-electron chi connectivity index (χ1n) is 7.31. The number of allylic oxidation sites excluding steroid dienone is 2. The van der Waals surface area contributed by atoms with Gasteiger partial charge in [-0.3, -0.25) is 20.4 Å². The summed E-state index contributed by atoms with van der Waals surface area (Å²) in [6.07, 6.45) is 1.98. The van der Waals surface area contributed by atoms with Gasteiger partial charge in [-0.2, -0.15) is 0 Å². The van der Waals surface area contributed by atoms with E-state index in [1.165, 1.54) is 12.3 Å². The van der Waals surface area contributed by atoms with Gasteiger partial charge >= 0.3 is 0 Å². The molecule has 0 aliphatic heterocycles. The topological polar surface area (TPSA) is 111 Å². The summed E-state index contributed by atoms with van der Waals surface area (Å²) < 4.78 is 5.02. The second-order valence-electron chi connectivity index (χ2n) is 5.83. The van der Waals surface area contributed by atoms with E-state index >= 15 is 0 Å². The molecule has 7 nitrogen and oxygen atoms in total. The normalized spacial score (nSPS) is 21.0. The molecule has 7 heteroatoms. The predicted octanol–water partition coefficient (Wildman–Crippen LogP) is 0.462. The highest BCUT2D eigenvalue weighted by atomic mass is 16.4. The molecule has 0 bridgehead atoms. The first kappa shape index (κ1) is 16.8. The van der Waals surface area contributed by atoms with Crippen LogP contribution in [0.15, 0.2) is 27.9 Å². The molecular weight excluding hydrogens is 300 g/mol. The highest BCUT2D eigenvalue weighted by Crippen LogP contribution is 2.33. The first-order chi connectivity index (χ1) is 10.8. The summed E-state index contributed by atoms with van der Waals surface area (Å²) in [6.45, 7) is 5.35. The van der Waals surface area contributed by atoms with Crippen LogP contribution >= 0.6 is 0 Å². The van der Waals surface area contributed by atoms with Gasteiger partial charge in [0, 0.05) is 11.9 Å². The quantitative estimate of drug-likeness (QED) is 0.621. The summed E-state index contributed by atoms with van der Waals surface area (Å²) >= 11 is 0. The highest BCUT2D eigenvalue weighted by Gasteiger charge is 2.33. The van der Waals surface area contributed by atoms with Crippen LogP contribution in [0.5, 0.6) is 0 Å². The Morgan fingerprint density at radius 3 is 2.22 bits per heavy atom. The number of hydrogen-bond acceptors (Lipinski definition) is 5. The number of amides is 2. The van der Waals surface area contributed by atoms with Gasteiger partial charge in [0.2, 0.25) is 5.91 Å². The Bertz CT molecular complexity index is 674. The monoisotopic (exact) mass is 319 g/mol. The summed E-state index contributed by atoms with van der Waals surface area (Å²) in [5.74, 6) is -3.56. The number of hydrazine groups is 1. The average Bonchev–Trinajstić information content (AvgIpc) is 2.92. The first-order valence-corrected chi connectivity index (χ1v) is 7.31. The zero-order valence-corrected chi connectivity index (χ0v) is 13.3. The molecule has 0 spiro atoms. The van der Waals surface area contributed by atoms with Crippen LogP contribution in [0, 0.1) is 18.8 Å². The molecule has 1 aromatic rings. The van der Waals surface area contributed by atoms with Gasteiger partial charge in [0.25, 0.3) is 5.91 Å². The SMILES string of the molecule is CC1=C(C)CC(C(=O)NNC(=O)c2ccoc2C)C(C(=O)[O-])C1. The van der Waals surface area contributed by atoms with Crippen molar-refractivity contribution in [3.8, 4) is 0 Å². The van der Waals surface area contributed by atoms with E-state index in [4.69, 9.17) is 4.42 Å². The fourth-order valence-electron chi connectivity index (χ4n) is 2.71. The third kappa shape index (κ3) is 3.61. The molecule has 0 aromatic carbocycles. The van der Waals surface area contributed by atoms with Gasteiger partial charge in [-0.15, -0.1) is 0 Å². The van der Waals surface area contributed by atoms with E-state index < -0.39 is 29.6 Å². The maximum atomic E-state index is 12.3. The van der Waals surface area contributed by atoms with Crippen molar-refractivity contribution in [2.24, 2.45) is 11.8 Å². The summed E-state index contributed by atoms with van der Waals surface area (Å²) in [5.41, 5.74) is 6.82. The van der Waals surface area contributed by atoms with Crippen molar-refractivity contribution in [1.82, 2.24) is 10.9 Å². The Balaban J connectivity index is 2.03. The molecule has 0 fully saturated rings. The molecule has 124 valence electrons. The van der Waals surface area contributed by atoms with E-state index in [1.807, 2.05) is 13.8 Å². The maximum Gasteiger partial charge on any atom is 0.273 e. The largest absolute Gasteiger partial charge is 0.550 e. The Labute approximate surface area is 133 Å². The van der Waals surface area contributed by atoms with Gasteiger partial charge in [-0.1, -0.05) is 11.1 Å². The summed E-state index contributed by atoms with van der Waals surface area (Å²) in [7, 11) is 0. The number of carbonyl (C=O) groups is 3. The van der Waals surface area contributed by atoms with E-state index in [0.717, 1.165) is 11.1 Å². The number of carbonyl (C=O) groups excluding carboxylic acids is 3. The van der Waals surface area contributed by atoms with E-state index in [-0.39, 0.29) is 6.42 Å². The van der Waals surface area contributed by atoms with Gasteiger partial charge in [0.1, 0.15) is 5.76 Å². The molecule has 1 aromatic heterocycles. The number of carboxylic acids is 1. The van der Waals surface area contributed by atoms with E-state index in [0.29, 0.717) is 17.7 Å². The van der Waals surface area contributed by atoms with Gasteiger partial charge < -0.3 is 14.3 Å². The predicted molar refractivity (Wildman–Crippen MR) is 78.6 cm³/mol. The van der Waals surface area contributed by atoms with E-state index in [9.17, 15) is 19.5 Å². The molecule has 2 rings (SSSR count). The molecule has 0 radical (unpaired) electrons. The van der Waals surface area contributed by atoms with Crippen LogP contribution in [-0.2, 0) is 9.59 Å². The second-order valence-corrected chi connectivity index (χ2v) is 5.83. The lowest BCUT2D eigenvalue weighted by Crippen LogP contribution is -2.50. The van der Waals surface area contributed by atoms with Crippen molar-refractivity contribution < 1.29 is 23.9 Å². The molecule has 2 unspecified atom stereocenters. The number of carboxylic acid groups (broad SMARTS) is 1. The Kier molecular flexibility index (Phi) is 4.88. The van der Waals surface area contributed by atoms with Gasteiger partial charge in [0.05, 0.1) is 17.7 Å². The Morgan fingerprint density at radius 2 is 1.70 bits per heavy atom. The minimum atomic E-state index is -1.26. The molecule has 1 aliphatic carbocycles. The van der Waals surface area contributed by atoms with Crippen LogP contribution in [0.4, 0.5) is 0 Å². The van der Waals surface area contributed by atoms with E-state index in [1.54, 1.807) is 6.92 Å². The molecule has 0 saturated carbocycles. The lowest BCUT2D eigenvalue weighted by molar-refractivity contribution is -0.313. The Hall–Kier alpha value is -2.57. The molecular formula is C16H19N2O5-. The third-order valence-corrected chi connectivity index (χ3v) is 4.31. The Morgan fingerprint density at radius 1 is 1.09 bits per heavy atom. The number of aryl methyl sites for hydroxylation is 1. The molecule has 1 heterocycles. The molecule has 0 saturated heterocycles. The standard InChI is InChI=1S/C16H20N2O5/c1-8-6-12(13(16(21)22)7-9(8)2)15(20)18-17-14(19)11-4-5-23-10(11)3/h4-5,12-13H,6-7H2,1-3H3,(H,17,19)(H,18,20)(H,21,22)/p-1. The van der Waals surface area contributed by atoms with Crippen LogP contribution in [0.25, 0.3) is 0 Å².